The van der Waals surface area contributed by atoms with E-state index in [0.717, 1.165) is 38.0 Å². The molecule has 1 N–H and O–H groups in total. The van der Waals surface area contributed by atoms with Crippen LogP contribution < -0.4 is 5.32 Å². The smallest absolute Gasteiger partial charge is 0.325 e. The summed E-state index contributed by atoms with van der Waals surface area (Å²) in [7, 11) is 0. The molecule has 3 nitrogen and oxygen atoms in total. The summed E-state index contributed by atoms with van der Waals surface area (Å²) in [5, 5.41) is 3.35. The van der Waals surface area contributed by atoms with Crippen molar-refractivity contribution >= 4 is 5.97 Å². The SMILES string of the molecule is CCC1NC2(CCC(C)CC2)OC1=O. The lowest BCUT2D eigenvalue weighted by Crippen LogP contribution is -2.46. The van der Waals surface area contributed by atoms with E-state index in [-0.39, 0.29) is 17.7 Å². The predicted octanol–water partition coefficient (Wildman–Crippen LogP) is 1.82. The van der Waals surface area contributed by atoms with Crippen LogP contribution >= 0.6 is 0 Å². The molecule has 0 aromatic carbocycles. The van der Waals surface area contributed by atoms with Gasteiger partial charge in [0.15, 0.2) is 5.72 Å². The second kappa shape index (κ2) is 3.54. The van der Waals surface area contributed by atoms with Gasteiger partial charge in [0.05, 0.1) is 0 Å². The molecule has 0 aromatic heterocycles. The molecule has 3 heteroatoms. The van der Waals surface area contributed by atoms with Gasteiger partial charge in [-0.05, 0) is 25.2 Å². The number of carbonyl (C=O) groups is 1. The molecule has 1 heterocycles. The summed E-state index contributed by atoms with van der Waals surface area (Å²) in [4.78, 5) is 11.5. The highest BCUT2D eigenvalue weighted by atomic mass is 16.6. The molecule has 1 aliphatic carbocycles. The Bertz CT molecular complexity index is 231. The molecule has 1 saturated carbocycles. The number of carbonyl (C=O) groups excluding carboxylic acids is 1. The first-order valence-electron chi connectivity index (χ1n) is 5.66. The van der Waals surface area contributed by atoms with E-state index in [4.69, 9.17) is 4.74 Å². The Morgan fingerprint density at radius 1 is 1.50 bits per heavy atom. The second-order valence-electron chi connectivity index (χ2n) is 4.70. The number of hydrogen-bond donors (Lipinski definition) is 1. The Balaban J connectivity index is 2.02. The number of nitrogens with one attached hydrogen (secondary N) is 1. The molecule has 1 aliphatic heterocycles. The lowest BCUT2D eigenvalue weighted by atomic mass is 9.85. The Hall–Kier alpha value is -0.570. The summed E-state index contributed by atoms with van der Waals surface area (Å²) >= 11 is 0. The summed E-state index contributed by atoms with van der Waals surface area (Å²) in [6.07, 6.45) is 5.12. The maximum absolute atomic E-state index is 11.5. The summed E-state index contributed by atoms with van der Waals surface area (Å²) in [5.41, 5.74) is -0.301. The van der Waals surface area contributed by atoms with Crippen LogP contribution in [-0.2, 0) is 9.53 Å². The van der Waals surface area contributed by atoms with E-state index in [1.807, 2.05) is 6.92 Å². The van der Waals surface area contributed by atoms with Crippen molar-refractivity contribution in [2.75, 3.05) is 0 Å². The van der Waals surface area contributed by atoms with Gasteiger partial charge >= 0.3 is 5.97 Å². The second-order valence-corrected chi connectivity index (χ2v) is 4.70. The lowest BCUT2D eigenvalue weighted by Gasteiger charge is -2.34. The monoisotopic (exact) mass is 197 g/mol. The summed E-state index contributed by atoms with van der Waals surface area (Å²) in [6.45, 7) is 4.28. The highest BCUT2D eigenvalue weighted by molar-refractivity contribution is 5.78. The largest absolute Gasteiger partial charge is 0.443 e. The van der Waals surface area contributed by atoms with Crippen LogP contribution in [-0.4, -0.2) is 17.7 Å². The van der Waals surface area contributed by atoms with Gasteiger partial charge in [0.25, 0.3) is 0 Å². The fourth-order valence-electron chi connectivity index (χ4n) is 2.41. The summed E-state index contributed by atoms with van der Waals surface area (Å²) in [6, 6.07) is -0.0663. The van der Waals surface area contributed by atoms with E-state index in [0.29, 0.717) is 0 Å². The van der Waals surface area contributed by atoms with Crippen LogP contribution in [0.4, 0.5) is 0 Å². The lowest BCUT2D eigenvalue weighted by molar-refractivity contribution is -0.152. The van der Waals surface area contributed by atoms with Crippen molar-refractivity contribution in [3.63, 3.8) is 0 Å². The Morgan fingerprint density at radius 2 is 2.14 bits per heavy atom. The Morgan fingerprint density at radius 3 is 2.64 bits per heavy atom. The molecule has 2 aliphatic rings. The molecule has 0 bridgehead atoms. The Kier molecular flexibility index (Phi) is 2.52. The molecular weight excluding hydrogens is 178 g/mol. The fraction of sp³-hybridized carbons (Fsp3) is 0.909. The van der Waals surface area contributed by atoms with Crippen LogP contribution in [0.3, 0.4) is 0 Å². The van der Waals surface area contributed by atoms with Crippen molar-refractivity contribution in [1.29, 1.82) is 0 Å². The van der Waals surface area contributed by atoms with Crippen LogP contribution in [0.5, 0.6) is 0 Å². The van der Waals surface area contributed by atoms with E-state index >= 15 is 0 Å². The van der Waals surface area contributed by atoms with E-state index in [9.17, 15) is 4.79 Å². The minimum atomic E-state index is -0.301. The average Bonchev–Trinajstić information content (AvgIpc) is 2.49. The van der Waals surface area contributed by atoms with E-state index in [2.05, 4.69) is 12.2 Å². The minimum Gasteiger partial charge on any atom is -0.443 e. The topological polar surface area (TPSA) is 38.3 Å². The molecule has 14 heavy (non-hydrogen) atoms. The Labute approximate surface area is 85.2 Å². The van der Waals surface area contributed by atoms with Crippen LogP contribution in [0.25, 0.3) is 0 Å². The molecule has 1 unspecified atom stereocenters. The third kappa shape index (κ3) is 1.65. The van der Waals surface area contributed by atoms with Crippen molar-refractivity contribution in [3.8, 4) is 0 Å². The molecule has 0 amide bonds. The van der Waals surface area contributed by atoms with Gasteiger partial charge in [0.1, 0.15) is 6.04 Å². The third-order valence-corrected chi connectivity index (χ3v) is 3.51. The predicted molar refractivity (Wildman–Crippen MR) is 53.7 cm³/mol. The maximum atomic E-state index is 11.5. The van der Waals surface area contributed by atoms with Gasteiger partial charge in [-0.15, -0.1) is 0 Å². The molecule has 1 saturated heterocycles. The first-order valence-corrected chi connectivity index (χ1v) is 5.66. The van der Waals surface area contributed by atoms with E-state index < -0.39 is 0 Å². The standard InChI is InChI=1S/C11H19NO2/c1-3-9-10(13)14-11(12-9)6-4-8(2)5-7-11/h8-9,12H,3-7H2,1-2H3. The molecular formula is C11H19NO2. The maximum Gasteiger partial charge on any atom is 0.325 e. The molecule has 1 spiro atoms. The van der Waals surface area contributed by atoms with Crippen LogP contribution in [0.15, 0.2) is 0 Å². The zero-order valence-corrected chi connectivity index (χ0v) is 9.01. The summed E-state index contributed by atoms with van der Waals surface area (Å²) in [5.74, 6) is 0.726. The fourth-order valence-corrected chi connectivity index (χ4v) is 2.41. The van der Waals surface area contributed by atoms with Gasteiger partial charge in [-0.2, -0.15) is 0 Å². The molecule has 80 valence electrons. The van der Waals surface area contributed by atoms with E-state index in [1.54, 1.807) is 0 Å². The van der Waals surface area contributed by atoms with Crippen molar-refractivity contribution in [2.45, 2.75) is 57.7 Å². The van der Waals surface area contributed by atoms with Crippen molar-refractivity contribution in [2.24, 2.45) is 5.92 Å². The normalized spacial score (nSPS) is 42.9. The van der Waals surface area contributed by atoms with Gasteiger partial charge < -0.3 is 4.74 Å². The van der Waals surface area contributed by atoms with Crippen molar-refractivity contribution in [3.05, 3.63) is 0 Å². The van der Waals surface area contributed by atoms with Gasteiger partial charge in [-0.25, -0.2) is 0 Å². The van der Waals surface area contributed by atoms with Gasteiger partial charge in [0, 0.05) is 12.8 Å². The molecule has 0 radical (unpaired) electrons. The van der Waals surface area contributed by atoms with Gasteiger partial charge in [-0.3, -0.25) is 10.1 Å². The number of ether oxygens (including phenoxy) is 1. The van der Waals surface area contributed by atoms with E-state index in [1.165, 1.54) is 0 Å². The zero-order chi connectivity index (χ0) is 10.2. The molecule has 2 fully saturated rings. The third-order valence-electron chi connectivity index (χ3n) is 3.51. The number of hydrogen-bond acceptors (Lipinski definition) is 3. The van der Waals surface area contributed by atoms with Crippen LogP contribution in [0, 0.1) is 5.92 Å². The first kappa shape index (κ1) is 9.97. The molecule has 1 atom stereocenters. The van der Waals surface area contributed by atoms with Crippen LogP contribution in [0.2, 0.25) is 0 Å². The average molecular weight is 197 g/mol. The van der Waals surface area contributed by atoms with Gasteiger partial charge in [0.2, 0.25) is 0 Å². The van der Waals surface area contributed by atoms with Crippen molar-refractivity contribution in [1.82, 2.24) is 5.32 Å². The summed E-state index contributed by atoms with van der Waals surface area (Å²) < 4.78 is 5.49. The molecule has 0 aromatic rings. The highest BCUT2D eigenvalue weighted by Gasteiger charge is 2.46. The van der Waals surface area contributed by atoms with Crippen LogP contribution in [0.1, 0.15) is 46.0 Å². The quantitative estimate of drug-likeness (QED) is 0.652. The number of esters is 1. The molecule has 2 rings (SSSR count). The number of rotatable bonds is 1. The van der Waals surface area contributed by atoms with Crippen molar-refractivity contribution < 1.29 is 9.53 Å². The minimum absolute atomic E-state index is 0.0537. The first-order chi connectivity index (χ1) is 6.65. The highest BCUT2D eigenvalue weighted by Crippen LogP contribution is 2.36. The zero-order valence-electron chi connectivity index (χ0n) is 9.01. The van der Waals surface area contributed by atoms with Gasteiger partial charge in [-0.1, -0.05) is 13.8 Å².